The molecule has 2 atom stereocenters. The number of quaternary nitrogens is 1. The lowest BCUT2D eigenvalue weighted by Crippen LogP contribution is -3.12. The van der Waals surface area contributed by atoms with Gasteiger partial charge in [0, 0.05) is 37.3 Å². The minimum absolute atomic E-state index is 0.0150. The minimum Gasteiger partial charge on any atom is -0.354 e. The first-order chi connectivity index (χ1) is 14.5. The molecule has 2 aliphatic rings. The highest BCUT2D eigenvalue weighted by Gasteiger charge is 2.35. The number of hydrogen-bond donors (Lipinski definition) is 3. The molecule has 2 bridgehead atoms. The van der Waals surface area contributed by atoms with E-state index < -0.39 is 0 Å². The Morgan fingerprint density at radius 3 is 2.63 bits per heavy atom. The highest BCUT2D eigenvalue weighted by molar-refractivity contribution is 7.80. The van der Waals surface area contributed by atoms with E-state index in [4.69, 9.17) is 12.2 Å². The minimum atomic E-state index is -0.0150. The van der Waals surface area contributed by atoms with E-state index in [9.17, 15) is 9.59 Å². The molecule has 3 rings (SSSR count). The van der Waals surface area contributed by atoms with Gasteiger partial charge < -0.3 is 25.0 Å². The Morgan fingerprint density at radius 2 is 1.90 bits per heavy atom. The number of carbonyl (C=O) groups is 1. The number of fused-ring (bicyclic) bond motifs is 4. The van der Waals surface area contributed by atoms with Crippen molar-refractivity contribution in [3.8, 4) is 0 Å². The molecule has 8 heteroatoms. The van der Waals surface area contributed by atoms with Crippen LogP contribution in [0.25, 0.3) is 0 Å². The average molecular weight is 435 g/mol. The van der Waals surface area contributed by atoms with Gasteiger partial charge in [-0.2, -0.15) is 0 Å². The van der Waals surface area contributed by atoms with E-state index in [-0.39, 0.29) is 18.0 Å². The van der Waals surface area contributed by atoms with Crippen molar-refractivity contribution >= 4 is 23.2 Å². The maximum absolute atomic E-state index is 12.2. The number of piperidine rings is 1. The highest BCUT2D eigenvalue weighted by atomic mass is 32.1. The molecule has 2 aliphatic heterocycles. The molecule has 0 spiro atoms. The number of likely N-dealkylation sites (tertiary alicyclic amines) is 1. The predicted molar refractivity (Wildman–Crippen MR) is 123 cm³/mol. The first-order valence-electron chi connectivity index (χ1n) is 11.3. The molecule has 3 heterocycles. The van der Waals surface area contributed by atoms with Gasteiger partial charge in [0.1, 0.15) is 0 Å². The van der Waals surface area contributed by atoms with Crippen LogP contribution in [0.1, 0.15) is 44.7 Å². The fourth-order valence-electron chi connectivity index (χ4n) is 4.85. The van der Waals surface area contributed by atoms with Crippen LogP contribution in [-0.4, -0.2) is 66.3 Å². The van der Waals surface area contributed by atoms with E-state index in [1.165, 1.54) is 0 Å². The summed E-state index contributed by atoms with van der Waals surface area (Å²) in [7, 11) is 0. The third-order valence-corrected chi connectivity index (χ3v) is 6.58. The Bertz CT molecular complexity index is 790. The van der Waals surface area contributed by atoms with Crippen LogP contribution in [0.15, 0.2) is 23.0 Å². The number of pyridine rings is 1. The van der Waals surface area contributed by atoms with Gasteiger partial charge in [-0.25, -0.2) is 0 Å². The predicted octanol–water partition coefficient (Wildman–Crippen LogP) is -0.0370. The molecule has 2 unspecified atom stereocenters. The van der Waals surface area contributed by atoms with Gasteiger partial charge in [-0.05, 0) is 43.5 Å². The molecule has 0 aliphatic carbocycles. The molecule has 1 amide bonds. The second kappa shape index (κ2) is 10.9. The Morgan fingerprint density at radius 1 is 1.13 bits per heavy atom. The number of rotatable bonds is 9. The van der Waals surface area contributed by atoms with Crippen LogP contribution < -0.4 is 21.1 Å². The van der Waals surface area contributed by atoms with Crippen LogP contribution in [0.2, 0.25) is 0 Å². The summed E-state index contributed by atoms with van der Waals surface area (Å²) < 4.78 is 1.92. The van der Waals surface area contributed by atoms with E-state index in [0.29, 0.717) is 23.5 Å². The zero-order chi connectivity index (χ0) is 21.5. The van der Waals surface area contributed by atoms with Gasteiger partial charge in [0.05, 0.1) is 32.7 Å². The van der Waals surface area contributed by atoms with E-state index in [2.05, 4.69) is 35.4 Å². The van der Waals surface area contributed by atoms with Gasteiger partial charge in [-0.1, -0.05) is 19.9 Å². The van der Waals surface area contributed by atoms with Crippen LogP contribution in [0.3, 0.4) is 0 Å². The molecule has 0 radical (unpaired) electrons. The summed E-state index contributed by atoms with van der Waals surface area (Å²) in [5.74, 6) is 0.709. The summed E-state index contributed by atoms with van der Waals surface area (Å²) in [4.78, 5) is 28.1. The molecule has 1 fully saturated rings. The quantitative estimate of drug-likeness (QED) is 0.476. The molecule has 30 heavy (non-hydrogen) atoms. The van der Waals surface area contributed by atoms with Gasteiger partial charge in [-0.15, -0.1) is 0 Å². The van der Waals surface area contributed by atoms with Gasteiger partial charge >= 0.3 is 0 Å². The Labute approximate surface area is 184 Å². The summed E-state index contributed by atoms with van der Waals surface area (Å²) in [6.07, 6.45) is 3.42. The molecule has 7 nitrogen and oxygen atoms in total. The number of aromatic nitrogens is 1. The third-order valence-electron chi connectivity index (χ3n) is 6.17. The maximum atomic E-state index is 12.2. The first-order valence-corrected chi connectivity index (χ1v) is 11.7. The highest BCUT2D eigenvalue weighted by Crippen LogP contribution is 2.34. The van der Waals surface area contributed by atoms with Crippen LogP contribution in [-0.2, 0) is 11.3 Å². The van der Waals surface area contributed by atoms with Crippen molar-refractivity contribution < 1.29 is 9.69 Å². The number of thiocarbonyl (C=S) groups is 1. The molecule has 0 saturated carbocycles. The summed E-state index contributed by atoms with van der Waals surface area (Å²) in [6.45, 7) is 10.9. The number of carbonyl (C=O) groups excluding carboxylic acids is 1. The van der Waals surface area contributed by atoms with Crippen molar-refractivity contribution in [2.45, 2.75) is 45.6 Å². The fourth-order valence-corrected chi connectivity index (χ4v) is 5.07. The molecule has 0 aromatic carbocycles. The Balaban J connectivity index is 1.43. The lowest BCUT2D eigenvalue weighted by Gasteiger charge is -2.43. The van der Waals surface area contributed by atoms with Crippen molar-refractivity contribution in [1.82, 2.24) is 20.1 Å². The van der Waals surface area contributed by atoms with Crippen LogP contribution >= 0.6 is 12.2 Å². The van der Waals surface area contributed by atoms with Crippen LogP contribution in [0, 0.1) is 5.92 Å². The number of nitrogens with one attached hydrogen (secondary N) is 3. The van der Waals surface area contributed by atoms with E-state index >= 15 is 0 Å². The third kappa shape index (κ3) is 5.82. The SMILES string of the molecule is CCC[NH+](CCC)CCNC(=O)CNC(=S)N1CC2CC(C1)c1cccc(=O)n1C2. The van der Waals surface area contributed by atoms with Crippen molar-refractivity contribution in [1.29, 1.82) is 0 Å². The van der Waals surface area contributed by atoms with Crippen LogP contribution in [0.4, 0.5) is 0 Å². The normalized spacial score (nSPS) is 20.0. The summed E-state index contributed by atoms with van der Waals surface area (Å²) in [5, 5.41) is 6.78. The molecular weight excluding hydrogens is 398 g/mol. The Hall–Kier alpha value is -1.93. The lowest BCUT2D eigenvalue weighted by atomic mass is 9.83. The molecular formula is C22H36N5O2S+. The largest absolute Gasteiger partial charge is 0.354 e. The monoisotopic (exact) mass is 434 g/mol. The smallest absolute Gasteiger partial charge is 0.250 e. The fraction of sp³-hybridized carbons (Fsp3) is 0.682. The number of hydrogen-bond acceptors (Lipinski definition) is 3. The second-order valence-corrected chi connectivity index (χ2v) is 9.00. The lowest BCUT2D eigenvalue weighted by molar-refractivity contribution is -0.898. The van der Waals surface area contributed by atoms with Gasteiger partial charge in [0.15, 0.2) is 5.11 Å². The van der Waals surface area contributed by atoms with Crippen molar-refractivity contribution in [2.75, 3.05) is 45.8 Å². The molecule has 3 N–H and O–H groups in total. The van der Waals surface area contributed by atoms with E-state index in [1.54, 1.807) is 11.0 Å². The topological polar surface area (TPSA) is 70.8 Å². The maximum Gasteiger partial charge on any atom is 0.250 e. The second-order valence-electron chi connectivity index (χ2n) is 8.61. The summed E-state index contributed by atoms with van der Waals surface area (Å²) >= 11 is 5.58. The molecule has 1 aromatic rings. The van der Waals surface area contributed by atoms with Crippen LogP contribution in [0.5, 0.6) is 0 Å². The number of nitrogens with zero attached hydrogens (tertiary/aromatic N) is 2. The van der Waals surface area contributed by atoms with Gasteiger partial charge in [-0.3, -0.25) is 9.59 Å². The molecule has 1 saturated heterocycles. The van der Waals surface area contributed by atoms with Gasteiger partial charge in [0.25, 0.3) is 5.56 Å². The van der Waals surface area contributed by atoms with Crippen molar-refractivity contribution in [3.05, 3.63) is 34.2 Å². The Kier molecular flexibility index (Phi) is 8.27. The standard InChI is InChI=1S/C22H35N5O2S/c1-3-9-25(10-4-2)11-8-23-20(28)13-24-22(30)26-14-17-12-18(16-26)19-6-5-7-21(29)27(19)15-17/h5-7,17-18H,3-4,8-16H2,1-2H3,(H,23,28)(H,24,30)/p+1. The summed E-state index contributed by atoms with van der Waals surface area (Å²) in [6, 6.07) is 5.54. The molecule has 166 valence electrons. The average Bonchev–Trinajstić information content (AvgIpc) is 2.73. The van der Waals surface area contributed by atoms with Crippen molar-refractivity contribution in [2.24, 2.45) is 5.92 Å². The van der Waals surface area contributed by atoms with Crippen molar-refractivity contribution in [3.63, 3.8) is 0 Å². The number of amides is 1. The first kappa shape index (κ1) is 22.7. The van der Waals surface area contributed by atoms with E-state index in [0.717, 1.165) is 64.2 Å². The summed E-state index contributed by atoms with van der Waals surface area (Å²) in [5.41, 5.74) is 1.20. The zero-order valence-corrected chi connectivity index (χ0v) is 19.1. The van der Waals surface area contributed by atoms with Gasteiger partial charge in [0.2, 0.25) is 5.91 Å². The zero-order valence-electron chi connectivity index (χ0n) is 18.3. The molecule has 1 aromatic heterocycles. The van der Waals surface area contributed by atoms with E-state index in [1.807, 2.05) is 10.6 Å².